The summed E-state index contributed by atoms with van der Waals surface area (Å²) in [6, 6.07) is 5.48. The average molecular weight is 224 g/mol. The molecule has 1 rings (SSSR count). The Bertz CT molecular complexity index is 364. The highest BCUT2D eigenvalue weighted by molar-refractivity contribution is 7.80. The summed E-state index contributed by atoms with van der Waals surface area (Å²) in [5.74, 6) is 0.615. The van der Waals surface area contributed by atoms with Gasteiger partial charge in [0.1, 0.15) is 5.75 Å². The molecule has 0 bridgehead atoms. The van der Waals surface area contributed by atoms with Crippen molar-refractivity contribution in [2.24, 2.45) is 0 Å². The van der Waals surface area contributed by atoms with Crippen LogP contribution in [0.1, 0.15) is 25.3 Å². The van der Waals surface area contributed by atoms with Crippen LogP contribution in [-0.2, 0) is 0 Å². The SMILES string of the molecule is CNC(=S)Nc1ccc(C(C)C)c(O)c1. The third-order valence-corrected chi connectivity index (χ3v) is 2.44. The smallest absolute Gasteiger partial charge is 0.170 e. The topological polar surface area (TPSA) is 44.3 Å². The van der Waals surface area contributed by atoms with Crippen LogP contribution in [-0.4, -0.2) is 17.3 Å². The second-order valence-corrected chi connectivity index (χ2v) is 4.04. The molecule has 0 saturated carbocycles. The highest BCUT2D eigenvalue weighted by Gasteiger charge is 2.06. The van der Waals surface area contributed by atoms with Gasteiger partial charge in [-0.05, 0) is 29.8 Å². The van der Waals surface area contributed by atoms with Gasteiger partial charge in [0.05, 0.1) is 0 Å². The maximum Gasteiger partial charge on any atom is 0.170 e. The number of thiocarbonyl (C=S) groups is 1. The minimum atomic E-state index is 0.300. The maximum atomic E-state index is 9.74. The standard InChI is InChI=1S/C11H16N2OS/c1-7(2)9-5-4-8(6-10(9)14)13-11(15)12-3/h4-7,14H,1-3H3,(H2,12,13,15). The average Bonchev–Trinajstić information content (AvgIpc) is 2.17. The fraction of sp³-hybridized carbons (Fsp3) is 0.364. The molecule has 0 heterocycles. The van der Waals surface area contributed by atoms with Crippen molar-refractivity contribution in [3.63, 3.8) is 0 Å². The monoisotopic (exact) mass is 224 g/mol. The molecule has 0 radical (unpaired) electrons. The Morgan fingerprint density at radius 1 is 1.40 bits per heavy atom. The van der Waals surface area contributed by atoms with E-state index in [2.05, 4.69) is 10.6 Å². The van der Waals surface area contributed by atoms with E-state index in [-0.39, 0.29) is 0 Å². The number of phenolic OH excluding ortho intramolecular Hbond substituents is 1. The molecule has 0 amide bonds. The van der Waals surface area contributed by atoms with Crippen molar-refractivity contribution in [3.05, 3.63) is 23.8 Å². The van der Waals surface area contributed by atoms with Crippen molar-refractivity contribution in [2.75, 3.05) is 12.4 Å². The van der Waals surface area contributed by atoms with E-state index < -0.39 is 0 Å². The first-order chi connectivity index (χ1) is 7.04. The van der Waals surface area contributed by atoms with Crippen molar-refractivity contribution in [2.45, 2.75) is 19.8 Å². The zero-order valence-corrected chi connectivity index (χ0v) is 9.98. The van der Waals surface area contributed by atoms with Gasteiger partial charge >= 0.3 is 0 Å². The lowest BCUT2D eigenvalue weighted by Gasteiger charge is -2.11. The quantitative estimate of drug-likeness (QED) is 0.675. The highest BCUT2D eigenvalue weighted by Crippen LogP contribution is 2.27. The predicted molar refractivity (Wildman–Crippen MR) is 67.5 cm³/mol. The van der Waals surface area contributed by atoms with Gasteiger partial charge in [0.2, 0.25) is 0 Å². The Hall–Kier alpha value is -1.29. The zero-order chi connectivity index (χ0) is 11.4. The van der Waals surface area contributed by atoms with Crippen LogP contribution in [0.3, 0.4) is 0 Å². The van der Waals surface area contributed by atoms with Gasteiger partial charge < -0.3 is 15.7 Å². The molecule has 1 aromatic rings. The fourth-order valence-electron chi connectivity index (χ4n) is 1.30. The molecule has 0 spiro atoms. The molecular weight excluding hydrogens is 208 g/mol. The predicted octanol–water partition coefficient (Wildman–Crippen LogP) is 2.43. The molecule has 0 aromatic heterocycles. The largest absolute Gasteiger partial charge is 0.508 e. The summed E-state index contributed by atoms with van der Waals surface area (Å²) in [5.41, 5.74) is 1.73. The van der Waals surface area contributed by atoms with Crippen molar-refractivity contribution in [1.29, 1.82) is 0 Å². The summed E-state index contributed by atoms with van der Waals surface area (Å²) in [4.78, 5) is 0. The number of rotatable bonds is 2. The molecule has 0 aliphatic heterocycles. The lowest BCUT2D eigenvalue weighted by Crippen LogP contribution is -2.24. The number of nitrogens with one attached hydrogen (secondary N) is 2. The minimum absolute atomic E-state index is 0.300. The van der Waals surface area contributed by atoms with Crippen LogP contribution in [0.2, 0.25) is 0 Å². The molecule has 0 aliphatic carbocycles. The van der Waals surface area contributed by atoms with Crippen LogP contribution >= 0.6 is 12.2 Å². The molecule has 0 atom stereocenters. The van der Waals surface area contributed by atoms with E-state index >= 15 is 0 Å². The first-order valence-corrected chi connectivity index (χ1v) is 5.27. The number of aromatic hydroxyl groups is 1. The highest BCUT2D eigenvalue weighted by atomic mass is 32.1. The normalized spacial score (nSPS) is 10.1. The molecule has 15 heavy (non-hydrogen) atoms. The van der Waals surface area contributed by atoms with Crippen molar-refractivity contribution >= 4 is 23.0 Å². The Kier molecular flexibility index (Phi) is 3.91. The van der Waals surface area contributed by atoms with E-state index in [0.717, 1.165) is 11.3 Å². The van der Waals surface area contributed by atoms with Gasteiger partial charge in [-0.25, -0.2) is 0 Å². The fourth-order valence-corrected chi connectivity index (χ4v) is 1.42. The molecule has 3 N–H and O–H groups in total. The van der Waals surface area contributed by atoms with Crippen LogP contribution in [0.5, 0.6) is 5.75 Å². The molecule has 82 valence electrons. The van der Waals surface area contributed by atoms with Crippen LogP contribution in [0.15, 0.2) is 18.2 Å². The third kappa shape index (κ3) is 3.09. The van der Waals surface area contributed by atoms with Gasteiger partial charge in [-0.1, -0.05) is 19.9 Å². The first-order valence-electron chi connectivity index (χ1n) is 4.86. The maximum absolute atomic E-state index is 9.74. The number of anilines is 1. The van der Waals surface area contributed by atoms with Crippen molar-refractivity contribution < 1.29 is 5.11 Å². The molecule has 0 fully saturated rings. The van der Waals surface area contributed by atoms with E-state index in [9.17, 15) is 5.11 Å². The van der Waals surface area contributed by atoms with Gasteiger partial charge in [0, 0.05) is 18.8 Å². The van der Waals surface area contributed by atoms with Crippen LogP contribution in [0.25, 0.3) is 0 Å². The van der Waals surface area contributed by atoms with Gasteiger partial charge in [0.15, 0.2) is 5.11 Å². The number of hydrogen-bond acceptors (Lipinski definition) is 2. The lowest BCUT2D eigenvalue weighted by molar-refractivity contribution is 0.465. The van der Waals surface area contributed by atoms with E-state index in [4.69, 9.17) is 12.2 Å². The molecular formula is C11H16N2OS. The number of phenols is 1. The lowest BCUT2D eigenvalue weighted by atomic mass is 10.0. The summed E-state index contributed by atoms with van der Waals surface area (Å²) in [7, 11) is 1.75. The molecule has 0 saturated heterocycles. The Morgan fingerprint density at radius 3 is 2.53 bits per heavy atom. The van der Waals surface area contributed by atoms with Crippen molar-refractivity contribution in [1.82, 2.24) is 5.32 Å². The molecule has 3 nitrogen and oxygen atoms in total. The Labute approximate surface area is 95.5 Å². The van der Waals surface area contributed by atoms with Crippen molar-refractivity contribution in [3.8, 4) is 5.75 Å². The second kappa shape index (κ2) is 4.98. The van der Waals surface area contributed by atoms with Gasteiger partial charge in [-0.2, -0.15) is 0 Å². The summed E-state index contributed by atoms with van der Waals surface area (Å²) in [6.07, 6.45) is 0. The van der Waals surface area contributed by atoms with E-state index in [1.807, 2.05) is 26.0 Å². The van der Waals surface area contributed by atoms with Crippen LogP contribution in [0, 0.1) is 0 Å². The van der Waals surface area contributed by atoms with E-state index in [1.54, 1.807) is 13.1 Å². The summed E-state index contributed by atoms with van der Waals surface area (Å²) in [5, 5.41) is 16.0. The molecule has 4 heteroatoms. The molecule has 1 aromatic carbocycles. The zero-order valence-electron chi connectivity index (χ0n) is 9.16. The summed E-state index contributed by atoms with van der Waals surface area (Å²) in [6.45, 7) is 4.08. The summed E-state index contributed by atoms with van der Waals surface area (Å²) < 4.78 is 0. The number of benzene rings is 1. The number of hydrogen-bond donors (Lipinski definition) is 3. The second-order valence-electron chi connectivity index (χ2n) is 3.63. The minimum Gasteiger partial charge on any atom is -0.508 e. The third-order valence-electron chi connectivity index (χ3n) is 2.14. The van der Waals surface area contributed by atoms with Gasteiger partial charge in [-0.3, -0.25) is 0 Å². The van der Waals surface area contributed by atoms with Crippen LogP contribution in [0.4, 0.5) is 5.69 Å². The van der Waals surface area contributed by atoms with Gasteiger partial charge in [0.25, 0.3) is 0 Å². The van der Waals surface area contributed by atoms with Gasteiger partial charge in [-0.15, -0.1) is 0 Å². The van der Waals surface area contributed by atoms with Crippen LogP contribution < -0.4 is 10.6 Å². The summed E-state index contributed by atoms with van der Waals surface area (Å²) >= 11 is 4.96. The Balaban J connectivity index is 2.87. The van der Waals surface area contributed by atoms with E-state index in [1.165, 1.54) is 0 Å². The molecule has 0 unspecified atom stereocenters. The molecule has 0 aliphatic rings. The first kappa shape index (κ1) is 11.8. The van der Waals surface area contributed by atoms with E-state index in [0.29, 0.717) is 16.8 Å². The Morgan fingerprint density at radius 2 is 2.07 bits per heavy atom.